The second-order valence-corrected chi connectivity index (χ2v) is 6.43. The number of nitrogens with zero attached hydrogens (tertiary/aromatic N) is 1. The fourth-order valence-electron chi connectivity index (χ4n) is 3.84. The monoisotopic (exact) mass is 304 g/mol. The third-order valence-corrected chi connectivity index (χ3v) is 5.01. The standard InChI is InChI=1S/C17H18F2N2O/c18-14-2-1-3-15(19)16(14)20-17(22)21-12-6-7-13(21)9-11(8-12)10-4-5-10/h1-3,12-13H,4-9H2,(H,20,22). The largest absolute Gasteiger partial charge is 0.322 e. The highest BCUT2D eigenvalue weighted by Crippen LogP contribution is 2.44. The number of amides is 2. The molecular weight excluding hydrogens is 286 g/mol. The van der Waals surface area contributed by atoms with Crippen molar-refractivity contribution in [3.05, 3.63) is 41.0 Å². The van der Waals surface area contributed by atoms with Gasteiger partial charge in [0.25, 0.3) is 0 Å². The van der Waals surface area contributed by atoms with Gasteiger partial charge < -0.3 is 10.2 Å². The molecule has 1 aromatic rings. The highest BCUT2D eigenvalue weighted by molar-refractivity contribution is 5.90. The van der Waals surface area contributed by atoms with E-state index in [0.717, 1.165) is 37.8 Å². The highest BCUT2D eigenvalue weighted by Gasteiger charge is 2.42. The number of fused-ring (bicyclic) bond motifs is 2. The second kappa shape index (κ2) is 5.07. The van der Waals surface area contributed by atoms with Gasteiger partial charge in [0.15, 0.2) is 0 Å². The molecule has 22 heavy (non-hydrogen) atoms. The third kappa shape index (κ3) is 2.28. The van der Waals surface area contributed by atoms with Gasteiger partial charge in [0.1, 0.15) is 17.3 Å². The molecule has 0 aromatic heterocycles. The van der Waals surface area contributed by atoms with Crippen molar-refractivity contribution >= 4 is 11.7 Å². The first-order chi connectivity index (χ1) is 10.6. The van der Waals surface area contributed by atoms with Gasteiger partial charge in [-0.1, -0.05) is 17.2 Å². The van der Waals surface area contributed by atoms with Crippen molar-refractivity contribution in [2.45, 2.75) is 50.6 Å². The van der Waals surface area contributed by atoms with Gasteiger partial charge in [-0.2, -0.15) is 0 Å². The molecule has 3 fully saturated rings. The van der Waals surface area contributed by atoms with Gasteiger partial charge in [0.2, 0.25) is 0 Å². The zero-order chi connectivity index (χ0) is 15.3. The molecule has 1 aliphatic carbocycles. The number of nitrogens with one attached hydrogen (secondary N) is 1. The zero-order valence-electron chi connectivity index (χ0n) is 12.2. The zero-order valence-corrected chi connectivity index (χ0v) is 12.2. The number of halogens is 2. The molecule has 2 saturated heterocycles. The van der Waals surface area contributed by atoms with E-state index in [2.05, 4.69) is 5.32 Å². The first-order valence-electron chi connectivity index (χ1n) is 7.86. The summed E-state index contributed by atoms with van der Waals surface area (Å²) in [6, 6.07) is 3.57. The van der Waals surface area contributed by atoms with Crippen LogP contribution in [-0.4, -0.2) is 23.0 Å². The second-order valence-electron chi connectivity index (χ2n) is 6.43. The van der Waals surface area contributed by atoms with Gasteiger partial charge in [0, 0.05) is 12.1 Å². The molecule has 3 nitrogen and oxygen atoms in total. The Morgan fingerprint density at radius 3 is 2.18 bits per heavy atom. The fraction of sp³-hybridized carbons (Fsp3) is 0.471. The first kappa shape index (κ1) is 13.7. The van der Waals surface area contributed by atoms with Crippen LogP contribution in [0.3, 0.4) is 0 Å². The van der Waals surface area contributed by atoms with Crippen LogP contribution in [0.25, 0.3) is 0 Å². The summed E-state index contributed by atoms with van der Waals surface area (Å²) in [5, 5.41) is 2.43. The van der Waals surface area contributed by atoms with Crippen LogP contribution < -0.4 is 5.32 Å². The maximum Gasteiger partial charge on any atom is 0.322 e. The maximum absolute atomic E-state index is 13.7. The van der Waals surface area contributed by atoms with E-state index in [1.807, 2.05) is 0 Å². The molecule has 1 N–H and O–H groups in total. The van der Waals surface area contributed by atoms with Gasteiger partial charge in [-0.25, -0.2) is 13.6 Å². The Morgan fingerprint density at radius 2 is 1.64 bits per heavy atom. The van der Waals surface area contributed by atoms with Crippen molar-refractivity contribution in [2.75, 3.05) is 5.32 Å². The number of piperidine rings is 1. The van der Waals surface area contributed by atoms with Crippen LogP contribution in [0.1, 0.15) is 38.5 Å². The SMILES string of the molecule is O=C(Nc1c(F)cccc1F)N1C2CCC1CC(=C1CC1)C2. The van der Waals surface area contributed by atoms with E-state index in [9.17, 15) is 13.6 Å². The van der Waals surface area contributed by atoms with E-state index in [1.165, 1.54) is 24.5 Å². The summed E-state index contributed by atoms with van der Waals surface area (Å²) in [4.78, 5) is 14.3. The van der Waals surface area contributed by atoms with Crippen LogP contribution in [0.4, 0.5) is 19.3 Å². The molecule has 0 spiro atoms. The van der Waals surface area contributed by atoms with Gasteiger partial charge in [-0.3, -0.25) is 0 Å². The molecule has 0 radical (unpaired) electrons. The summed E-state index contributed by atoms with van der Waals surface area (Å²) in [5.74, 6) is -1.48. The summed E-state index contributed by atoms with van der Waals surface area (Å²) in [6.07, 6.45) is 6.24. The van der Waals surface area contributed by atoms with Crippen LogP contribution in [0.15, 0.2) is 29.3 Å². The quantitative estimate of drug-likeness (QED) is 0.774. The molecule has 2 heterocycles. The van der Waals surface area contributed by atoms with Crippen molar-refractivity contribution in [2.24, 2.45) is 0 Å². The number of carbonyl (C=O) groups is 1. The summed E-state index contributed by atoms with van der Waals surface area (Å²) in [6.45, 7) is 0. The lowest BCUT2D eigenvalue weighted by atomic mass is 9.96. The van der Waals surface area contributed by atoms with E-state index < -0.39 is 11.6 Å². The Bertz CT molecular complexity index is 628. The average Bonchev–Trinajstić information content (AvgIpc) is 3.29. The van der Waals surface area contributed by atoms with E-state index >= 15 is 0 Å². The topological polar surface area (TPSA) is 32.3 Å². The predicted octanol–water partition coefficient (Wildman–Crippen LogP) is 4.21. The summed E-state index contributed by atoms with van der Waals surface area (Å²) in [7, 11) is 0. The van der Waals surface area contributed by atoms with Crippen molar-refractivity contribution in [3.8, 4) is 0 Å². The lowest BCUT2D eigenvalue weighted by Crippen LogP contribution is -2.47. The molecule has 2 unspecified atom stereocenters. The normalized spacial score (nSPS) is 26.4. The first-order valence-corrected chi connectivity index (χ1v) is 7.86. The van der Waals surface area contributed by atoms with Crippen LogP contribution in [0.2, 0.25) is 0 Å². The lowest BCUT2D eigenvalue weighted by molar-refractivity contribution is 0.173. The summed E-state index contributed by atoms with van der Waals surface area (Å²) >= 11 is 0. The number of para-hydroxylation sites is 1. The summed E-state index contributed by atoms with van der Waals surface area (Å²) in [5.41, 5.74) is 2.74. The number of anilines is 1. The van der Waals surface area contributed by atoms with Gasteiger partial charge >= 0.3 is 6.03 Å². The summed E-state index contributed by atoms with van der Waals surface area (Å²) < 4.78 is 27.4. The molecule has 2 aliphatic heterocycles. The molecule has 2 bridgehead atoms. The van der Waals surface area contributed by atoms with Gasteiger partial charge in [-0.15, -0.1) is 0 Å². The Kier molecular flexibility index (Phi) is 3.17. The molecule has 2 amide bonds. The van der Waals surface area contributed by atoms with Gasteiger partial charge in [0.05, 0.1) is 0 Å². The minimum Gasteiger partial charge on any atom is -0.318 e. The number of hydrogen-bond donors (Lipinski definition) is 1. The van der Waals surface area contributed by atoms with Crippen molar-refractivity contribution < 1.29 is 13.6 Å². The Labute approximate surface area is 128 Å². The van der Waals surface area contributed by atoms with Crippen molar-refractivity contribution in [1.29, 1.82) is 0 Å². The van der Waals surface area contributed by atoms with Crippen LogP contribution in [0, 0.1) is 11.6 Å². The van der Waals surface area contributed by atoms with Crippen molar-refractivity contribution in [1.82, 2.24) is 4.90 Å². The molecule has 1 saturated carbocycles. The number of benzene rings is 1. The Balaban J connectivity index is 1.53. The predicted molar refractivity (Wildman–Crippen MR) is 79.5 cm³/mol. The number of hydrogen-bond acceptors (Lipinski definition) is 1. The van der Waals surface area contributed by atoms with Crippen LogP contribution >= 0.6 is 0 Å². The molecule has 2 atom stereocenters. The van der Waals surface area contributed by atoms with Crippen molar-refractivity contribution in [3.63, 3.8) is 0 Å². The minimum atomic E-state index is -0.738. The fourth-order valence-corrected chi connectivity index (χ4v) is 3.84. The van der Waals surface area contributed by atoms with Gasteiger partial charge in [-0.05, 0) is 50.7 Å². The molecule has 5 heteroatoms. The number of urea groups is 1. The average molecular weight is 304 g/mol. The van der Waals surface area contributed by atoms with Crippen LogP contribution in [0.5, 0.6) is 0 Å². The third-order valence-electron chi connectivity index (χ3n) is 5.01. The Morgan fingerprint density at radius 1 is 1.05 bits per heavy atom. The molecule has 116 valence electrons. The number of rotatable bonds is 1. The Hall–Kier alpha value is -1.91. The van der Waals surface area contributed by atoms with E-state index in [0.29, 0.717) is 0 Å². The maximum atomic E-state index is 13.7. The van der Waals surface area contributed by atoms with E-state index in [4.69, 9.17) is 0 Å². The lowest BCUT2D eigenvalue weighted by Gasteiger charge is -2.36. The molecular formula is C17H18F2N2O. The minimum absolute atomic E-state index is 0.177. The number of carbonyl (C=O) groups excluding carboxylic acids is 1. The highest BCUT2D eigenvalue weighted by atomic mass is 19.1. The van der Waals surface area contributed by atoms with E-state index in [-0.39, 0.29) is 23.8 Å². The number of allylic oxidation sites excluding steroid dienone is 1. The molecule has 3 aliphatic rings. The van der Waals surface area contributed by atoms with Crippen LogP contribution in [-0.2, 0) is 0 Å². The smallest absolute Gasteiger partial charge is 0.318 e. The molecule has 1 aromatic carbocycles. The molecule has 4 rings (SSSR count). The van der Waals surface area contributed by atoms with E-state index in [1.54, 1.807) is 10.5 Å².